The zero-order valence-electron chi connectivity index (χ0n) is 10.5. The van der Waals surface area contributed by atoms with Crippen LogP contribution in [0.5, 0.6) is 0 Å². The molecule has 0 saturated heterocycles. The summed E-state index contributed by atoms with van der Waals surface area (Å²) in [6, 6.07) is 2.26. The summed E-state index contributed by atoms with van der Waals surface area (Å²) >= 11 is 0. The second-order valence-corrected chi connectivity index (χ2v) is 3.77. The minimum absolute atomic E-state index is 1.10. The first-order valence-corrected chi connectivity index (χ1v) is 5.70. The number of benzene rings is 1. The summed E-state index contributed by atoms with van der Waals surface area (Å²) < 4.78 is 0. The quantitative estimate of drug-likeness (QED) is 0.790. The van der Waals surface area contributed by atoms with Crippen LogP contribution in [-0.2, 0) is 12.8 Å². The van der Waals surface area contributed by atoms with E-state index in [1.165, 1.54) is 28.1 Å². The lowest BCUT2D eigenvalue weighted by molar-refractivity contribution is 1.02. The molecular weight excluding hydrogens is 184 g/mol. The van der Waals surface area contributed by atoms with Crippen molar-refractivity contribution in [3.63, 3.8) is 0 Å². The summed E-state index contributed by atoms with van der Waals surface area (Å²) in [5, 5.41) is 6.53. The van der Waals surface area contributed by atoms with E-state index in [2.05, 4.69) is 37.5 Å². The smallest absolute Gasteiger partial charge is 0.0605 e. The van der Waals surface area contributed by atoms with Crippen molar-refractivity contribution in [2.75, 3.05) is 24.7 Å². The van der Waals surface area contributed by atoms with Crippen molar-refractivity contribution in [2.24, 2.45) is 0 Å². The predicted molar refractivity (Wildman–Crippen MR) is 69.0 cm³/mol. The molecule has 0 bridgehead atoms. The predicted octanol–water partition coefficient (Wildman–Crippen LogP) is 3.20. The van der Waals surface area contributed by atoms with Crippen LogP contribution < -0.4 is 10.6 Å². The summed E-state index contributed by atoms with van der Waals surface area (Å²) in [5.74, 6) is 0. The van der Waals surface area contributed by atoms with Gasteiger partial charge in [-0.05, 0) is 42.5 Å². The molecule has 1 rings (SSSR count). The van der Waals surface area contributed by atoms with Crippen LogP contribution in [0.4, 0.5) is 11.4 Å². The molecule has 2 N–H and O–H groups in total. The van der Waals surface area contributed by atoms with Crippen LogP contribution in [0.15, 0.2) is 6.07 Å². The molecule has 0 unspecified atom stereocenters. The lowest BCUT2D eigenvalue weighted by Crippen LogP contribution is -2.05. The molecule has 0 aromatic heterocycles. The Balaban J connectivity index is 3.41. The first-order valence-electron chi connectivity index (χ1n) is 5.70. The standard InChI is InChI=1S/C13H22N2/c1-6-10-8-12(14-4)13(15-5)9(3)11(10)7-2/h8,14-15H,6-7H2,1-5H3. The first-order chi connectivity index (χ1) is 7.19. The van der Waals surface area contributed by atoms with Gasteiger partial charge in [-0.15, -0.1) is 0 Å². The van der Waals surface area contributed by atoms with E-state index in [1.807, 2.05) is 14.1 Å². The highest BCUT2D eigenvalue weighted by molar-refractivity contribution is 5.75. The topological polar surface area (TPSA) is 24.1 Å². The van der Waals surface area contributed by atoms with Crippen molar-refractivity contribution in [3.8, 4) is 0 Å². The van der Waals surface area contributed by atoms with Crippen LogP contribution in [-0.4, -0.2) is 14.1 Å². The molecule has 2 heteroatoms. The van der Waals surface area contributed by atoms with Gasteiger partial charge in [0.1, 0.15) is 0 Å². The van der Waals surface area contributed by atoms with E-state index in [0.29, 0.717) is 0 Å². The van der Waals surface area contributed by atoms with E-state index < -0.39 is 0 Å². The molecular formula is C13H22N2. The largest absolute Gasteiger partial charge is 0.386 e. The summed E-state index contributed by atoms with van der Waals surface area (Å²) in [4.78, 5) is 0. The fourth-order valence-corrected chi connectivity index (χ4v) is 2.25. The summed E-state index contributed by atoms with van der Waals surface area (Å²) in [7, 11) is 3.95. The Kier molecular flexibility index (Phi) is 4.01. The van der Waals surface area contributed by atoms with Crippen molar-refractivity contribution < 1.29 is 0 Å². The Hall–Kier alpha value is -1.18. The highest BCUT2D eigenvalue weighted by atomic mass is 14.9. The SMILES string of the molecule is CCc1cc(NC)c(NC)c(C)c1CC. The third-order valence-electron chi connectivity index (χ3n) is 3.06. The zero-order chi connectivity index (χ0) is 11.4. The van der Waals surface area contributed by atoms with Crippen LogP contribution in [0.25, 0.3) is 0 Å². The highest BCUT2D eigenvalue weighted by Crippen LogP contribution is 2.31. The Bertz CT molecular complexity index is 313. The third kappa shape index (κ3) is 2.09. The Labute approximate surface area is 93.1 Å². The van der Waals surface area contributed by atoms with Gasteiger partial charge in [0, 0.05) is 14.1 Å². The number of anilines is 2. The van der Waals surface area contributed by atoms with Gasteiger partial charge in [0.05, 0.1) is 11.4 Å². The van der Waals surface area contributed by atoms with Gasteiger partial charge in [0.25, 0.3) is 0 Å². The molecule has 0 aliphatic rings. The molecule has 15 heavy (non-hydrogen) atoms. The van der Waals surface area contributed by atoms with Gasteiger partial charge in [-0.2, -0.15) is 0 Å². The molecule has 0 saturated carbocycles. The maximum absolute atomic E-state index is 3.28. The van der Waals surface area contributed by atoms with Crippen LogP contribution in [0.2, 0.25) is 0 Å². The maximum atomic E-state index is 3.28. The monoisotopic (exact) mass is 206 g/mol. The first kappa shape index (κ1) is 11.9. The second-order valence-electron chi connectivity index (χ2n) is 3.77. The van der Waals surface area contributed by atoms with Gasteiger partial charge in [-0.3, -0.25) is 0 Å². The van der Waals surface area contributed by atoms with Gasteiger partial charge >= 0.3 is 0 Å². The Morgan fingerprint density at radius 1 is 1.07 bits per heavy atom. The molecule has 0 heterocycles. The summed E-state index contributed by atoms with van der Waals surface area (Å²) in [6.07, 6.45) is 2.20. The lowest BCUT2D eigenvalue weighted by Gasteiger charge is -2.18. The number of rotatable bonds is 4. The van der Waals surface area contributed by atoms with E-state index in [1.54, 1.807) is 0 Å². The lowest BCUT2D eigenvalue weighted by atomic mass is 9.95. The molecule has 0 aliphatic carbocycles. The molecule has 84 valence electrons. The number of nitrogens with one attached hydrogen (secondary N) is 2. The highest BCUT2D eigenvalue weighted by Gasteiger charge is 2.11. The minimum Gasteiger partial charge on any atom is -0.386 e. The summed E-state index contributed by atoms with van der Waals surface area (Å²) in [5.41, 5.74) is 6.75. The van der Waals surface area contributed by atoms with E-state index >= 15 is 0 Å². The molecule has 0 fully saturated rings. The van der Waals surface area contributed by atoms with Gasteiger partial charge < -0.3 is 10.6 Å². The van der Waals surface area contributed by atoms with E-state index in [-0.39, 0.29) is 0 Å². The zero-order valence-corrected chi connectivity index (χ0v) is 10.5. The fourth-order valence-electron chi connectivity index (χ4n) is 2.25. The number of aryl methyl sites for hydroxylation is 1. The van der Waals surface area contributed by atoms with E-state index in [9.17, 15) is 0 Å². The second kappa shape index (κ2) is 5.06. The van der Waals surface area contributed by atoms with Crippen molar-refractivity contribution in [3.05, 3.63) is 22.8 Å². The molecule has 1 aromatic carbocycles. The normalized spacial score (nSPS) is 10.2. The van der Waals surface area contributed by atoms with Crippen LogP contribution in [0.1, 0.15) is 30.5 Å². The Morgan fingerprint density at radius 2 is 1.73 bits per heavy atom. The third-order valence-corrected chi connectivity index (χ3v) is 3.06. The van der Waals surface area contributed by atoms with Gasteiger partial charge in [-0.25, -0.2) is 0 Å². The van der Waals surface area contributed by atoms with E-state index in [0.717, 1.165) is 12.8 Å². The van der Waals surface area contributed by atoms with Crippen LogP contribution in [0.3, 0.4) is 0 Å². The molecule has 0 aliphatic heterocycles. The molecule has 2 nitrogen and oxygen atoms in total. The molecule has 0 atom stereocenters. The number of hydrogen-bond donors (Lipinski definition) is 2. The van der Waals surface area contributed by atoms with Gasteiger partial charge in [-0.1, -0.05) is 13.8 Å². The van der Waals surface area contributed by atoms with Gasteiger partial charge in [0.2, 0.25) is 0 Å². The minimum atomic E-state index is 1.10. The van der Waals surface area contributed by atoms with E-state index in [4.69, 9.17) is 0 Å². The fraction of sp³-hybridized carbons (Fsp3) is 0.538. The van der Waals surface area contributed by atoms with Crippen LogP contribution >= 0.6 is 0 Å². The molecule has 0 radical (unpaired) electrons. The average Bonchev–Trinajstić information content (AvgIpc) is 2.27. The van der Waals surface area contributed by atoms with Gasteiger partial charge in [0.15, 0.2) is 0 Å². The average molecular weight is 206 g/mol. The Morgan fingerprint density at radius 3 is 2.13 bits per heavy atom. The maximum Gasteiger partial charge on any atom is 0.0605 e. The van der Waals surface area contributed by atoms with Crippen molar-refractivity contribution in [1.82, 2.24) is 0 Å². The van der Waals surface area contributed by atoms with Crippen molar-refractivity contribution in [2.45, 2.75) is 33.6 Å². The molecule has 1 aromatic rings. The van der Waals surface area contributed by atoms with Crippen LogP contribution in [0, 0.1) is 6.92 Å². The molecule has 0 spiro atoms. The summed E-state index contributed by atoms with van der Waals surface area (Å²) in [6.45, 7) is 6.64. The van der Waals surface area contributed by atoms with Crippen molar-refractivity contribution in [1.29, 1.82) is 0 Å². The van der Waals surface area contributed by atoms with Crippen molar-refractivity contribution >= 4 is 11.4 Å². The number of hydrogen-bond acceptors (Lipinski definition) is 2. The molecule has 0 amide bonds.